The monoisotopic (exact) mass is 397 g/mol. The Kier molecular flexibility index (Phi) is 5.09. The Hall–Kier alpha value is -3.00. The molecule has 0 atom stereocenters. The molecule has 0 fully saturated rings. The fourth-order valence-corrected chi connectivity index (χ4v) is 2.61. The van der Waals surface area contributed by atoms with Crippen molar-refractivity contribution in [3.63, 3.8) is 0 Å². The van der Waals surface area contributed by atoms with E-state index in [-0.39, 0.29) is 0 Å². The van der Waals surface area contributed by atoms with E-state index in [1.54, 1.807) is 36.7 Å². The first-order valence-electron chi connectivity index (χ1n) is 7.61. The molecule has 0 radical (unpaired) electrons. The molecule has 0 bridgehead atoms. The third-order valence-corrected chi connectivity index (χ3v) is 4.00. The number of benzene rings is 2. The van der Waals surface area contributed by atoms with Gasteiger partial charge in [0.15, 0.2) is 0 Å². The van der Waals surface area contributed by atoms with Gasteiger partial charge < -0.3 is 15.6 Å². The van der Waals surface area contributed by atoms with Crippen LogP contribution in [0.25, 0.3) is 11.1 Å². The van der Waals surface area contributed by atoms with Gasteiger partial charge in [-0.05, 0) is 35.9 Å². The number of hydrogen-bond acceptors (Lipinski definition) is 1. The number of anilines is 2. The van der Waals surface area contributed by atoms with Crippen molar-refractivity contribution in [3.05, 3.63) is 71.3 Å². The summed E-state index contributed by atoms with van der Waals surface area (Å²) in [6.45, 7) is 0. The van der Waals surface area contributed by atoms with E-state index in [9.17, 15) is 22.4 Å². The first-order valence-corrected chi connectivity index (χ1v) is 7.99. The highest BCUT2D eigenvalue weighted by atomic mass is 35.5. The Morgan fingerprint density at radius 1 is 1.00 bits per heavy atom. The number of rotatable bonds is 3. The molecule has 0 aliphatic heterocycles. The highest BCUT2D eigenvalue weighted by molar-refractivity contribution is 6.33. The van der Waals surface area contributed by atoms with Crippen molar-refractivity contribution >= 4 is 29.0 Å². The van der Waals surface area contributed by atoms with Crippen LogP contribution in [0.15, 0.2) is 54.9 Å². The van der Waals surface area contributed by atoms with Crippen LogP contribution in [0.2, 0.25) is 5.02 Å². The van der Waals surface area contributed by atoms with Crippen LogP contribution in [-0.4, -0.2) is 11.0 Å². The summed E-state index contributed by atoms with van der Waals surface area (Å²) in [6.07, 6.45) is -1.30. The van der Waals surface area contributed by atoms with Crippen LogP contribution in [-0.2, 0) is 6.18 Å². The van der Waals surface area contributed by atoms with Crippen LogP contribution in [0, 0.1) is 5.82 Å². The van der Waals surface area contributed by atoms with Gasteiger partial charge in [-0.15, -0.1) is 0 Å². The van der Waals surface area contributed by atoms with Gasteiger partial charge in [0, 0.05) is 23.6 Å². The van der Waals surface area contributed by atoms with Crippen LogP contribution in [0.5, 0.6) is 0 Å². The number of carbonyl (C=O) groups is 1. The minimum atomic E-state index is -4.64. The first-order chi connectivity index (χ1) is 12.7. The SMILES string of the molecule is O=C(Nc1ccc(-c2c[nH]cc2Cl)cc1)Nc1cc(C(F)(F)F)ccc1F. The second kappa shape index (κ2) is 7.32. The highest BCUT2D eigenvalue weighted by Crippen LogP contribution is 2.32. The molecular formula is C18H12ClF4N3O. The van der Waals surface area contributed by atoms with Crippen molar-refractivity contribution in [1.82, 2.24) is 4.98 Å². The smallest absolute Gasteiger partial charge is 0.366 e. The number of urea groups is 1. The molecule has 0 saturated carbocycles. The molecule has 0 saturated heterocycles. The molecule has 0 aliphatic rings. The zero-order chi connectivity index (χ0) is 19.6. The van der Waals surface area contributed by atoms with Crippen molar-refractivity contribution in [2.45, 2.75) is 6.18 Å². The lowest BCUT2D eigenvalue weighted by atomic mass is 10.1. The summed E-state index contributed by atoms with van der Waals surface area (Å²) in [7, 11) is 0. The number of nitrogens with one attached hydrogen (secondary N) is 3. The average molecular weight is 398 g/mol. The van der Waals surface area contributed by atoms with E-state index in [0.29, 0.717) is 28.9 Å². The van der Waals surface area contributed by atoms with Crippen molar-refractivity contribution in [2.24, 2.45) is 0 Å². The molecule has 1 heterocycles. The van der Waals surface area contributed by atoms with E-state index in [0.717, 1.165) is 11.1 Å². The molecule has 2 aromatic carbocycles. The average Bonchev–Trinajstić information content (AvgIpc) is 3.02. The van der Waals surface area contributed by atoms with E-state index in [1.807, 2.05) is 0 Å². The fourth-order valence-electron chi connectivity index (χ4n) is 2.38. The molecule has 3 N–H and O–H groups in total. The number of alkyl halides is 3. The molecule has 3 rings (SSSR count). The second-order valence-corrected chi connectivity index (χ2v) is 5.97. The predicted molar refractivity (Wildman–Crippen MR) is 95.3 cm³/mol. The van der Waals surface area contributed by atoms with Gasteiger partial charge in [0.1, 0.15) is 5.82 Å². The maximum atomic E-state index is 13.7. The molecule has 1 aromatic heterocycles. The second-order valence-electron chi connectivity index (χ2n) is 5.57. The molecule has 3 aromatic rings. The molecule has 2 amide bonds. The lowest BCUT2D eigenvalue weighted by molar-refractivity contribution is -0.137. The number of amides is 2. The van der Waals surface area contributed by atoms with E-state index < -0.39 is 29.3 Å². The fraction of sp³-hybridized carbons (Fsp3) is 0.0556. The maximum absolute atomic E-state index is 13.7. The van der Waals surface area contributed by atoms with E-state index in [1.165, 1.54) is 0 Å². The van der Waals surface area contributed by atoms with Crippen molar-refractivity contribution in [1.29, 1.82) is 0 Å². The topological polar surface area (TPSA) is 56.9 Å². The number of aromatic amines is 1. The van der Waals surface area contributed by atoms with Crippen molar-refractivity contribution in [2.75, 3.05) is 10.6 Å². The van der Waals surface area contributed by atoms with Gasteiger partial charge in [-0.2, -0.15) is 13.2 Å². The van der Waals surface area contributed by atoms with Crippen molar-refractivity contribution < 1.29 is 22.4 Å². The molecule has 9 heteroatoms. The maximum Gasteiger partial charge on any atom is 0.416 e. The van der Waals surface area contributed by atoms with E-state index >= 15 is 0 Å². The minimum absolute atomic E-state index is 0.371. The molecule has 0 spiro atoms. The van der Waals surface area contributed by atoms with Crippen LogP contribution in [0.3, 0.4) is 0 Å². The van der Waals surface area contributed by atoms with Gasteiger partial charge in [0.2, 0.25) is 0 Å². The van der Waals surface area contributed by atoms with Crippen LogP contribution in [0.4, 0.5) is 33.7 Å². The van der Waals surface area contributed by atoms with Gasteiger partial charge in [-0.3, -0.25) is 0 Å². The summed E-state index contributed by atoms with van der Waals surface area (Å²) in [5.41, 5.74) is 0.315. The number of hydrogen-bond donors (Lipinski definition) is 3. The summed E-state index contributed by atoms with van der Waals surface area (Å²) in [5, 5.41) is 5.03. The van der Waals surface area contributed by atoms with E-state index in [2.05, 4.69) is 15.6 Å². The van der Waals surface area contributed by atoms with Gasteiger partial charge in [-0.1, -0.05) is 23.7 Å². The van der Waals surface area contributed by atoms with Gasteiger partial charge in [0.05, 0.1) is 16.3 Å². The Morgan fingerprint density at radius 2 is 1.70 bits per heavy atom. The molecule has 140 valence electrons. The third kappa shape index (κ3) is 4.40. The van der Waals surface area contributed by atoms with Gasteiger partial charge >= 0.3 is 12.2 Å². The predicted octanol–water partition coefficient (Wildman–Crippen LogP) is 6.14. The van der Waals surface area contributed by atoms with Crippen molar-refractivity contribution in [3.8, 4) is 11.1 Å². The van der Waals surface area contributed by atoms with Crippen LogP contribution < -0.4 is 10.6 Å². The lowest BCUT2D eigenvalue weighted by Gasteiger charge is -2.12. The summed E-state index contributed by atoms with van der Waals surface area (Å²) in [4.78, 5) is 14.8. The number of H-pyrrole nitrogens is 1. The largest absolute Gasteiger partial charge is 0.416 e. The molecule has 4 nitrogen and oxygen atoms in total. The summed E-state index contributed by atoms with van der Waals surface area (Å²) in [6, 6.07) is 7.48. The summed E-state index contributed by atoms with van der Waals surface area (Å²) < 4.78 is 51.8. The quantitative estimate of drug-likeness (QED) is 0.457. The zero-order valence-electron chi connectivity index (χ0n) is 13.5. The van der Waals surface area contributed by atoms with Gasteiger partial charge in [0.25, 0.3) is 0 Å². The Balaban J connectivity index is 1.70. The Bertz CT molecular complexity index is 967. The molecule has 0 aliphatic carbocycles. The van der Waals surface area contributed by atoms with Crippen LogP contribution >= 0.6 is 11.6 Å². The minimum Gasteiger partial charge on any atom is -0.366 e. The highest BCUT2D eigenvalue weighted by Gasteiger charge is 2.31. The summed E-state index contributed by atoms with van der Waals surface area (Å²) in [5.74, 6) is -0.976. The van der Waals surface area contributed by atoms with Crippen LogP contribution in [0.1, 0.15) is 5.56 Å². The molecule has 27 heavy (non-hydrogen) atoms. The summed E-state index contributed by atoms with van der Waals surface area (Å²) >= 11 is 6.02. The lowest BCUT2D eigenvalue weighted by Crippen LogP contribution is -2.20. The third-order valence-electron chi connectivity index (χ3n) is 3.69. The Morgan fingerprint density at radius 3 is 2.30 bits per heavy atom. The normalized spacial score (nSPS) is 11.3. The number of aromatic nitrogens is 1. The number of carbonyl (C=O) groups excluding carboxylic acids is 1. The standard InChI is InChI=1S/C18H12ClF4N3O/c19-14-9-24-8-13(14)10-1-4-12(5-2-10)25-17(27)26-16-7-11(18(21,22)23)3-6-15(16)20/h1-9,24H,(H2,25,26,27). The Labute approximate surface area is 156 Å². The molecular weight excluding hydrogens is 386 g/mol. The first kappa shape index (κ1) is 18.8. The number of halogens is 5. The van der Waals surface area contributed by atoms with E-state index in [4.69, 9.17) is 11.6 Å². The van der Waals surface area contributed by atoms with Gasteiger partial charge in [-0.25, -0.2) is 9.18 Å². The zero-order valence-corrected chi connectivity index (χ0v) is 14.3. The molecule has 0 unspecified atom stereocenters.